The van der Waals surface area contributed by atoms with Crippen LogP contribution in [0.3, 0.4) is 0 Å². The lowest BCUT2D eigenvalue weighted by Crippen LogP contribution is -2.15. The molecule has 1 atom stereocenters. The van der Waals surface area contributed by atoms with Crippen LogP contribution in [-0.4, -0.2) is 4.86 Å². The van der Waals surface area contributed by atoms with Crippen molar-refractivity contribution in [2.45, 2.75) is 25.9 Å². The normalized spacial score (nSPS) is 13.2. The van der Waals surface area contributed by atoms with E-state index < -0.39 is 17.7 Å². The van der Waals surface area contributed by atoms with E-state index in [9.17, 15) is 13.2 Å². The summed E-state index contributed by atoms with van der Waals surface area (Å²) in [6.45, 7) is 3.64. The largest absolute Gasteiger partial charge is 0.416 e. The number of benzene rings is 1. The van der Waals surface area contributed by atoms with Crippen LogP contribution >= 0.6 is 12.2 Å². The third kappa shape index (κ3) is 3.30. The van der Waals surface area contributed by atoms with Crippen molar-refractivity contribution in [2.75, 3.05) is 0 Å². The Bertz CT molecular complexity index is 486. The lowest BCUT2D eigenvalue weighted by molar-refractivity contribution is -0.137. The first kappa shape index (κ1) is 14.7. The van der Waals surface area contributed by atoms with Crippen molar-refractivity contribution < 1.29 is 13.2 Å². The van der Waals surface area contributed by atoms with Crippen molar-refractivity contribution in [1.29, 1.82) is 5.26 Å². The van der Waals surface area contributed by atoms with Gasteiger partial charge in [-0.25, -0.2) is 0 Å². The first-order valence-corrected chi connectivity index (χ1v) is 5.78. The summed E-state index contributed by atoms with van der Waals surface area (Å²) < 4.78 is 37.7. The molecule has 0 heterocycles. The molecule has 1 unspecified atom stereocenters. The average molecular weight is 271 g/mol. The van der Waals surface area contributed by atoms with E-state index in [1.807, 2.05) is 19.9 Å². The van der Waals surface area contributed by atoms with Crippen LogP contribution in [0.1, 0.15) is 30.9 Å². The molecule has 1 aromatic carbocycles. The first-order valence-electron chi connectivity index (χ1n) is 5.38. The Morgan fingerprint density at radius 2 is 1.94 bits per heavy atom. The van der Waals surface area contributed by atoms with Gasteiger partial charge in [-0.05, 0) is 17.5 Å². The Kier molecular flexibility index (Phi) is 4.47. The van der Waals surface area contributed by atoms with Crippen LogP contribution in [0.4, 0.5) is 13.2 Å². The molecule has 1 aromatic rings. The van der Waals surface area contributed by atoms with Gasteiger partial charge in [-0.15, -0.1) is 0 Å². The number of rotatable bonds is 3. The Balaban J connectivity index is 3.17. The Morgan fingerprint density at radius 1 is 1.33 bits per heavy atom. The zero-order valence-corrected chi connectivity index (χ0v) is 10.8. The predicted molar refractivity (Wildman–Crippen MR) is 67.2 cm³/mol. The molecule has 1 nitrogen and oxygen atoms in total. The van der Waals surface area contributed by atoms with Gasteiger partial charge in [-0.2, -0.15) is 18.4 Å². The summed E-state index contributed by atoms with van der Waals surface area (Å²) in [6.07, 6.45) is -4.41. The summed E-state index contributed by atoms with van der Waals surface area (Å²) >= 11 is 5.11. The molecular formula is C13H12F3NS. The van der Waals surface area contributed by atoms with Crippen molar-refractivity contribution in [1.82, 2.24) is 0 Å². The molecule has 0 aromatic heterocycles. The maximum absolute atomic E-state index is 12.6. The molecule has 0 radical (unpaired) electrons. The highest BCUT2D eigenvalue weighted by Gasteiger charge is 2.31. The minimum atomic E-state index is -4.41. The fourth-order valence-corrected chi connectivity index (χ4v) is 1.72. The van der Waals surface area contributed by atoms with Gasteiger partial charge in [-0.1, -0.05) is 44.3 Å². The molecule has 18 heavy (non-hydrogen) atoms. The summed E-state index contributed by atoms with van der Waals surface area (Å²) in [5.74, 6) is -0.804. The predicted octanol–water partition coefficient (Wildman–Crippen LogP) is 4.34. The van der Waals surface area contributed by atoms with E-state index in [0.717, 1.165) is 12.1 Å². The van der Waals surface area contributed by atoms with Crippen LogP contribution in [0, 0.1) is 17.2 Å². The zero-order valence-electron chi connectivity index (χ0n) is 9.95. The van der Waals surface area contributed by atoms with Crippen LogP contribution in [0.25, 0.3) is 0 Å². The summed E-state index contributed by atoms with van der Waals surface area (Å²) in [7, 11) is 0. The van der Waals surface area contributed by atoms with Crippen molar-refractivity contribution in [2.24, 2.45) is 5.92 Å². The highest BCUT2D eigenvalue weighted by atomic mass is 32.1. The second-order valence-electron chi connectivity index (χ2n) is 4.24. The highest BCUT2D eigenvalue weighted by molar-refractivity contribution is 7.80. The van der Waals surface area contributed by atoms with Crippen molar-refractivity contribution >= 4 is 17.1 Å². The number of alkyl halides is 3. The summed E-state index contributed by atoms with van der Waals surface area (Å²) in [5.41, 5.74) is -0.460. The molecule has 0 saturated carbocycles. The van der Waals surface area contributed by atoms with Crippen LogP contribution in [0.2, 0.25) is 0 Å². The van der Waals surface area contributed by atoms with Gasteiger partial charge in [-0.3, -0.25) is 0 Å². The molecule has 0 fully saturated rings. The fraction of sp³-hybridized carbons (Fsp3) is 0.385. The molecule has 0 aliphatic rings. The molecule has 1 rings (SSSR count). The van der Waals surface area contributed by atoms with Gasteiger partial charge in [0, 0.05) is 4.86 Å². The number of halogens is 3. The fourth-order valence-electron chi connectivity index (χ4n) is 1.53. The van der Waals surface area contributed by atoms with Crippen molar-refractivity contribution in [3.63, 3.8) is 0 Å². The first-order chi connectivity index (χ1) is 8.27. The maximum Gasteiger partial charge on any atom is 0.416 e. The SMILES string of the molecule is CC(C)C(=S)C(C#N)c1cccc(C(F)(F)F)c1. The quantitative estimate of drug-likeness (QED) is 0.764. The van der Waals surface area contributed by atoms with Gasteiger partial charge in [0.25, 0.3) is 0 Å². The van der Waals surface area contributed by atoms with E-state index in [4.69, 9.17) is 17.5 Å². The number of thiocarbonyl (C=S) groups is 1. The third-order valence-corrected chi connectivity index (χ3v) is 3.24. The lowest BCUT2D eigenvalue weighted by atomic mass is 9.90. The molecule has 5 heteroatoms. The second kappa shape index (κ2) is 5.49. The number of hydrogen-bond donors (Lipinski definition) is 0. The maximum atomic E-state index is 12.6. The molecule has 0 bridgehead atoms. The average Bonchev–Trinajstić information content (AvgIpc) is 2.29. The van der Waals surface area contributed by atoms with Crippen molar-refractivity contribution in [3.8, 4) is 6.07 Å². The monoisotopic (exact) mass is 271 g/mol. The topological polar surface area (TPSA) is 23.8 Å². The van der Waals surface area contributed by atoms with Gasteiger partial charge >= 0.3 is 6.18 Å². The number of hydrogen-bond acceptors (Lipinski definition) is 2. The Hall–Kier alpha value is -1.41. The third-order valence-electron chi connectivity index (χ3n) is 2.53. The van der Waals surface area contributed by atoms with Crippen LogP contribution in [0.5, 0.6) is 0 Å². The van der Waals surface area contributed by atoms with E-state index in [-0.39, 0.29) is 5.92 Å². The molecule has 0 N–H and O–H groups in total. The minimum absolute atomic E-state index is 0.0285. The molecule has 0 amide bonds. The zero-order chi connectivity index (χ0) is 13.9. The summed E-state index contributed by atoms with van der Waals surface area (Å²) in [6, 6.07) is 6.74. The number of nitriles is 1. The van der Waals surface area contributed by atoms with Crippen molar-refractivity contribution in [3.05, 3.63) is 35.4 Å². The van der Waals surface area contributed by atoms with Gasteiger partial charge < -0.3 is 0 Å². The highest BCUT2D eigenvalue weighted by Crippen LogP contribution is 2.31. The van der Waals surface area contributed by atoms with E-state index >= 15 is 0 Å². The lowest BCUT2D eigenvalue weighted by Gasteiger charge is -2.15. The van der Waals surface area contributed by atoms with Crippen LogP contribution in [-0.2, 0) is 6.18 Å². The minimum Gasteiger partial charge on any atom is -0.197 e. The van der Waals surface area contributed by atoms with Gasteiger partial charge in [0.05, 0.1) is 11.6 Å². The molecular weight excluding hydrogens is 259 g/mol. The van der Waals surface area contributed by atoms with Gasteiger partial charge in [0.2, 0.25) is 0 Å². The van der Waals surface area contributed by atoms with Gasteiger partial charge in [0.15, 0.2) is 0 Å². The molecule has 0 saturated heterocycles. The van der Waals surface area contributed by atoms with Crippen LogP contribution < -0.4 is 0 Å². The summed E-state index contributed by atoms with van der Waals surface area (Å²) in [5, 5.41) is 9.07. The van der Waals surface area contributed by atoms with E-state index in [1.54, 1.807) is 0 Å². The molecule has 0 aliphatic heterocycles. The standard InChI is InChI=1S/C13H12F3NS/c1-8(2)12(18)11(7-17)9-4-3-5-10(6-9)13(14,15)16/h3-6,8,11H,1-2H3. The van der Waals surface area contributed by atoms with E-state index in [0.29, 0.717) is 10.4 Å². The van der Waals surface area contributed by atoms with E-state index in [1.165, 1.54) is 12.1 Å². The Morgan fingerprint density at radius 3 is 2.39 bits per heavy atom. The van der Waals surface area contributed by atoms with E-state index in [2.05, 4.69) is 0 Å². The molecule has 0 aliphatic carbocycles. The number of nitrogens with zero attached hydrogens (tertiary/aromatic N) is 1. The smallest absolute Gasteiger partial charge is 0.197 e. The summed E-state index contributed by atoms with van der Waals surface area (Å²) in [4.78, 5) is 0.455. The second-order valence-corrected chi connectivity index (χ2v) is 4.71. The Labute approximate surface area is 109 Å². The van der Waals surface area contributed by atoms with Crippen LogP contribution in [0.15, 0.2) is 24.3 Å². The van der Waals surface area contributed by atoms with Gasteiger partial charge in [0.1, 0.15) is 5.92 Å². The molecule has 96 valence electrons. The molecule has 0 spiro atoms.